The second kappa shape index (κ2) is 4.72. The van der Waals surface area contributed by atoms with Crippen LogP contribution in [0.3, 0.4) is 0 Å². The standard InChI is InChI=1S/C18H15N3/c19-18(12-7-9-20-10-8-12)13-5-6-17-15(11-13)14-3-1-2-4-16(14)21-17/h1-11,18,21H,19H2. The van der Waals surface area contributed by atoms with E-state index in [0.29, 0.717) is 0 Å². The van der Waals surface area contributed by atoms with E-state index >= 15 is 0 Å². The summed E-state index contributed by atoms with van der Waals surface area (Å²) in [6.45, 7) is 0. The molecule has 0 spiro atoms. The van der Waals surface area contributed by atoms with Crippen molar-refractivity contribution in [2.75, 3.05) is 0 Å². The van der Waals surface area contributed by atoms with E-state index in [1.807, 2.05) is 18.2 Å². The Bertz CT molecular complexity index is 909. The minimum atomic E-state index is -0.133. The molecule has 4 aromatic rings. The predicted octanol–water partition coefficient (Wildman–Crippen LogP) is 3.76. The molecule has 0 amide bonds. The molecule has 3 heteroatoms. The van der Waals surface area contributed by atoms with Crippen LogP contribution < -0.4 is 5.73 Å². The fraction of sp³-hybridized carbons (Fsp3) is 0.0556. The van der Waals surface area contributed by atoms with Crippen molar-refractivity contribution in [3.8, 4) is 0 Å². The van der Waals surface area contributed by atoms with E-state index < -0.39 is 0 Å². The number of hydrogen-bond acceptors (Lipinski definition) is 2. The monoisotopic (exact) mass is 273 g/mol. The lowest BCUT2D eigenvalue weighted by Gasteiger charge is -2.12. The van der Waals surface area contributed by atoms with E-state index in [9.17, 15) is 0 Å². The van der Waals surface area contributed by atoms with Crippen molar-refractivity contribution in [1.82, 2.24) is 9.97 Å². The van der Waals surface area contributed by atoms with Gasteiger partial charge in [0.2, 0.25) is 0 Å². The van der Waals surface area contributed by atoms with Crippen LogP contribution in [-0.4, -0.2) is 9.97 Å². The first-order valence-corrected chi connectivity index (χ1v) is 6.99. The van der Waals surface area contributed by atoms with Gasteiger partial charge in [0.1, 0.15) is 0 Å². The van der Waals surface area contributed by atoms with E-state index in [0.717, 1.165) is 22.2 Å². The van der Waals surface area contributed by atoms with Crippen LogP contribution in [0.1, 0.15) is 17.2 Å². The molecular weight excluding hydrogens is 258 g/mol. The minimum absolute atomic E-state index is 0.133. The Morgan fingerprint density at radius 2 is 1.57 bits per heavy atom. The summed E-state index contributed by atoms with van der Waals surface area (Å²) < 4.78 is 0. The summed E-state index contributed by atoms with van der Waals surface area (Å²) in [6, 6.07) is 18.5. The van der Waals surface area contributed by atoms with E-state index in [1.54, 1.807) is 12.4 Å². The van der Waals surface area contributed by atoms with Crippen LogP contribution in [0.4, 0.5) is 0 Å². The molecule has 0 aliphatic rings. The van der Waals surface area contributed by atoms with Crippen LogP contribution in [0.2, 0.25) is 0 Å². The maximum atomic E-state index is 6.38. The smallest absolute Gasteiger partial charge is 0.0553 e. The molecule has 0 saturated carbocycles. The highest BCUT2D eigenvalue weighted by molar-refractivity contribution is 6.07. The Labute approximate surface area is 122 Å². The van der Waals surface area contributed by atoms with Crippen molar-refractivity contribution >= 4 is 21.8 Å². The summed E-state index contributed by atoms with van der Waals surface area (Å²) in [7, 11) is 0. The summed E-state index contributed by atoms with van der Waals surface area (Å²) in [5.41, 5.74) is 10.9. The Morgan fingerprint density at radius 1 is 0.810 bits per heavy atom. The number of pyridine rings is 1. The minimum Gasteiger partial charge on any atom is -0.355 e. The molecule has 3 N–H and O–H groups in total. The molecule has 0 aliphatic heterocycles. The summed E-state index contributed by atoms with van der Waals surface area (Å²) in [5, 5.41) is 2.45. The zero-order valence-corrected chi connectivity index (χ0v) is 11.5. The van der Waals surface area contributed by atoms with Gasteiger partial charge in [-0.2, -0.15) is 0 Å². The van der Waals surface area contributed by atoms with Crippen LogP contribution in [-0.2, 0) is 0 Å². The van der Waals surface area contributed by atoms with Gasteiger partial charge in [-0.15, -0.1) is 0 Å². The first kappa shape index (κ1) is 12.1. The molecule has 1 unspecified atom stereocenters. The molecule has 2 aromatic heterocycles. The Morgan fingerprint density at radius 3 is 2.43 bits per heavy atom. The normalized spacial score (nSPS) is 12.8. The van der Waals surface area contributed by atoms with Gasteiger partial charge in [0.25, 0.3) is 0 Å². The molecule has 102 valence electrons. The molecule has 21 heavy (non-hydrogen) atoms. The molecule has 0 saturated heterocycles. The third-order valence-corrected chi connectivity index (χ3v) is 3.95. The molecule has 0 bridgehead atoms. The second-order valence-corrected chi connectivity index (χ2v) is 5.23. The van der Waals surface area contributed by atoms with Gasteiger partial charge in [-0.3, -0.25) is 4.98 Å². The number of benzene rings is 2. The highest BCUT2D eigenvalue weighted by Crippen LogP contribution is 2.29. The van der Waals surface area contributed by atoms with Crippen LogP contribution >= 0.6 is 0 Å². The first-order chi connectivity index (χ1) is 10.3. The number of fused-ring (bicyclic) bond motifs is 3. The van der Waals surface area contributed by atoms with Gasteiger partial charge < -0.3 is 10.7 Å². The number of aromatic nitrogens is 2. The summed E-state index contributed by atoms with van der Waals surface area (Å²) in [4.78, 5) is 7.48. The lowest BCUT2D eigenvalue weighted by atomic mass is 9.99. The van der Waals surface area contributed by atoms with Gasteiger partial charge >= 0.3 is 0 Å². The van der Waals surface area contributed by atoms with E-state index in [-0.39, 0.29) is 6.04 Å². The van der Waals surface area contributed by atoms with Gasteiger partial charge in [-0.1, -0.05) is 24.3 Å². The fourth-order valence-corrected chi connectivity index (χ4v) is 2.82. The predicted molar refractivity (Wildman–Crippen MR) is 86.1 cm³/mol. The number of aromatic amines is 1. The molecule has 4 rings (SSSR count). The van der Waals surface area contributed by atoms with E-state index in [4.69, 9.17) is 5.73 Å². The molecule has 2 aromatic carbocycles. The van der Waals surface area contributed by atoms with Gasteiger partial charge in [0, 0.05) is 34.2 Å². The Hall–Kier alpha value is -2.65. The van der Waals surface area contributed by atoms with E-state index in [2.05, 4.69) is 46.4 Å². The number of nitrogens with one attached hydrogen (secondary N) is 1. The molecule has 3 nitrogen and oxygen atoms in total. The number of nitrogens with zero attached hydrogens (tertiary/aromatic N) is 1. The second-order valence-electron chi connectivity index (χ2n) is 5.23. The van der Waals surface area contributed by atoms with Crippen LogP contribution in [0, 0.1) is 0 Å². The third-order valence-electron chi connectivity index (χ3n) is 3.95. The first-order valence-electron chi connectivity index (χ1n) is 6.99. The average molecular weight is 273 g/mol. The highest BCUT2D eigenvalue weighted by atomic mass is 14.7. The Balaban J connectivity index is 1.88. The Kier molecular flexibility index (Phi) is 2.72. The zero-order chi connectivity index (χ0) is 14.2. The largest absolute Gasteiger partial charge is 0.355 e. The topological polar surface area (TPSA) is 54.7 Å². The zero-order valence-electron chi connectivity index (χ0n) is 11.5. The van der Waals surface area contributed by atoms with Gasteiger partial charge in [-0.05, 0) is 41.5 Å². The van der Waals surface area contributed by atoms with Crippen molar-refractivity contribution in [3.05, 3.63) is 78.1 Å². The summed E-state index contributed by atoms with van der Waals surface area (Å²) >= 11 is 0. The summed E-state index contributed by atoms with van der Waals surface area (Å²) in [5.74, 6) is 0. The lowest BCUT2D eigenvalue weighted by molar-refractivity contribution is 0.870. The number of H-pyrrole nitrogens is 1. The summed E-state index contributed by atoms with van der Waals surface area (Å²) in [6.07, 6.45) is 3.55. The number of rotatable bonds is 2. The van der Waals surface area contributed by atoms with Crippen molar-refractivity contribution < 1.29 is 0 Å². The fourth-order valence-electron chi connectivity index (χ4n) is 2.82. The van der Waals surface area contributed by atoms with Crippen LogP contribution in [0.25, 0.3) is 21.8 Å². The van der Waals surface area contributed by atoms with Gasteiger partial charge in [0.05, 0.1) is 6.04 Å². The van der Waals surface area contributed by atoms with Crippen molar-refractivity contribution in [3.63, 3.8) is 0 Å². The van der Waals surface area contributed by atoms with Gasteiger partial charge in [0.15, 0.2) is 0 Å². The molecule has 0 aliphatic carbocycles. The maximum Gasteiger partial charge on any atom is 0.0553 e. The number of nitrogens with two attached hydrogens (primary N) is 1. The molecule has 2 heterocycles. The molecular formula is C18H15N3. The van der Waals surface area contributed by atoms with Gasteiger partial charge in [-0.25, -0.2) is 0 Å². The molecule has 0 fully saturated rings. The third kappa shape index (κ3) is 1.99. The molecule has 1 atom stereocenters. The van der Waals surface area contributed by atoms with Crippen molar-refractivity contribution in [1.29, 1.82) is 0 Å². The molecule has 0 radical (unpaired) electrons. The van der Waals surface area contributed by atoms with Crippen molar-refractivity contribution in [2.45, 2.75) is 6.04 Å². The quantitative estimate of drug-likeness (QED) is 0.584. The van der Waals surface area contributed by atoms with E-state index in [1.165, 1.54) is 10.8 Å². The van der Waals surface area contributed by atoms with Crippen molar-refractivity contribution in [2.24, 2.45) is 5.73 Å². The highest BCUT2D eigenvalue weighted by Gasteiger charge is 2.11. The number of hydrogen-bond donors (Lipinski definition) is 2. The lowest BCUT2D eigenvalue weighted by Crippen LogP contribution is -2.11. The maximum absolute atomic E-state index is 6.38. The average Bonchev–Trinajstić information content (AvgIpc) is 2.93. The SMILES string of the molecule is NC(c1ccncc1)c1ccc2[nH]c3ccccc3c2c1. The number of para-hydroxylation sites is 1. The van der Waals surface area contributed by atoms with Crippen LogP contribution in [0.5, 0.6) is 0 Å². The van der Waals surface area contributed by atoms with Crippen LogP contribution in [0.15, 0.2) is 67.0 Å².